The van der Waals surface area contributed by atoms with Crippen LogP contribution in [-0.4, -0.2) is 55.2 Å². The minimum absolute atomic E-state index is 0.0520. The molecule has 0 radical (unpaired) electrons. The number of rotatable bonds is 1. The molecule has 1 saturated heterocycles. The molecule has 6 nitrogen and oxygen atoms in total. The van der Waals surface area contributed by atoms with Crippen LogP contribution in [0.4, 0.5) is 0 Å². The van der Waals surface area contributed by atoms with Gasteiger partial charge in [-0.05, 0) is 59.5 Å². The molecule has 0 saturated carbocycles. The van der Waals surface area contributed by atoms with Crippen molar-refractivity contribution in [2.75, 3.05) is 20.2 Å². The van der Waals surface area contributed by atoms with Gasteiger partial charge in [-0.3, -0.25) is 4.79 Å². The van der Waals surface area contributed by atoms with Crippen molar-refractivity contribution in [3.05, 3.63) is 59.7 Å². The summed E-state index contributed by atoms with van der Waals surface area (Å²) in [5.41, 5.74) is 4.54. The van der Waals surface area contributed by atoms with Crippen LogP contribution in [0.1, 0.15) is 64.0 Å². The number of hydrogen-bond acceptors (Lipinski definition) is 5. The monoisotopic (exact) mass is 506 g/mol. The first-order valence-electron chi connectivity index (χ1n) is 13.7. The van der Waals surface area contributed by atoms with Gasteiger partial charge >= 0.3 is 5.97 Å². The normalized spacial score (nSPS) is 23.9. The number of methoxy groups -OCH3 is 1. The van der Waals surface area contributed by atoms with Gasteiger partial charge in [0.25, 0.3) is 0 Å². The van der Waals surface area contributed by atoms with Gasteiger partial charge in [-0.15, -0.1) is 0 Å². The van der Waals surface area contributed by atoms with E-state index in [9.17, 15) is 9.59 Å². The van der Waals surface area contributed by atoms with E-state index in [-0.39, 0.29) is 29.4 Å². The second-order valence-corrected chi connectivity index (χ2v) is 11.5. The Balaban J connectivity index is 1.59. The van der Waals surface area contributed by atoms with E-state index in [2.05, 4.69) is 74.6 Å². The molecule has 2 heterocycles. The van der Waals surface area contributed by atoms with Gasteiger partial charge in [-0.25, -0.2) is 4.79 Å². The van der Waals surface area contributed by atoms with Gasteiger partial charge in [-0.2, -0.15) is 0 Å². The lowest BCUT2D eigenvalue weighted by Gasteiger charge is -2.35. The summed E-state index contributed by atoms with van der Waals surface area (Å²) in [7, 11) is 1.38. The number of nitrogens with one attached hydrogen (secondary N) is 1. The van der Waals surface area contributed by atoms with Crippen LogP contribution < -0.4 is 5.32 Å². The lowest BCUT2D eigenvalue weighted by molar-refractivity contribution is -0.152. The topological polar surface area (TPSA) is 67.9 Å². The third-order valence-corrected chi connectivity index (χ3v) is 7.55. The number of amides is 1. The van der Waals surface area contributed by atoms with E-state index in [0.29, 0.717) is 19.6 Å². The van der Waals surface area contributed by atoms with Gasteiger partial charge in [0.2, 0.25) is 5.91 Å². The second-order valence-electron chi connectivity index (χ2n) is 11.5. The van der Waals surface area contributed by atoms with Gasteiger partial charge in [0.1, 0.15) is 6.04 Å². The maximum absolute atomic E-state index is 13.8. The minimum atomic E-state index is -0.627. The highest BCUT2D eigenvalue weighted by Crippen LogP contribution is 2.29. The Morgan fingerprint density at radius 3 is 2.38 bits per heavy atom. The summed E-state index contributed by atoms with van der Waals surface area (Å²) < 4.78 is 11.4. The molecule has 0 aromatic heterocycles. The molecule has 2 aliphatic heterocycles. The third kappa shape index (κ3) is 6.99. The first kappa shape index (κ1) is 27.3. The fraction of sp³-hybridized carbons (Fsp3) is 0.548. The lowest BCUT2D eigenvalue weighted by atomic mass is 9.85. The molecule has 2 aliphatic rings. The van der Waals surface area contributed by atoms with Crippen LogP contribution >= 0.6 is 0 Å². The van der Waals surface area contributed by atoms with E-state index >= 15 is 0 Å². The van der Waals surface area contributed by atoms with Crippen molar-refractivity contribution in [1.29, 1.82) is 0 Å². The van der Waals surface area contributed by atoms with Crippen LogP contribution in [0.2, 0.25) is 0 Å². The number of fused-ring (bicyclic) bond motifs is 7. The molecule has 0 aliphatic carbocycles. The van der Waals surface area contributed by atoms with Crippen LogP contribution in [0.3, 0.4) is 0 Å². The van der Waals surface area contributed by atoms with E-state index in [0.717, 1.165) is 44.2 Å². The SMILES string of the molecule is COC(=O)[C@@H]1C[C@@H]2CN1C(=O)[C@H](C(C)(C)C)NCCCCCCc1cccc(c1)-c1cccc(c1)CO2. The molecule has 1 fully saturated rings. The van der Waals surface area contributed by atoms with E-state index in [1.54, 1.807) is 4.90 Å². The van der Waals surface area contributed by atoms with Crippen molar-refractivity contribution in [2.45, 2.75) is 84.1 Å². The number of carbonyl (C=O) groups excluding carboxylic acids is 2. The summed E-state index contributed by atoms with van der Waals surface area (Å²) in [6.07, 6.45) is 5.71. The maximum Gasteiger partial charge on any atom is 0.328 e. The molecule has 1 N–H and O–H groups in total. The number of ether oxygens (including phenoxy) is 2. The highest BCUT2D eigenvalue weighted by molar-refractivity contribution is 5.89. The van der Waals surface area contributed by atoms with Crippen molar-refractivity contribution >= 4 is 11.9 Å². The zero-order chi connectivity index (χ0) is 26.4. The highest BCUT2D eigenvalue weighted by Gasteiger charge is 2.45. The average molecular weight is 507 g/mol. The van der Waals surface area contributed by atoms with Crippen LogP contribution in [-0.2, 0) is 32.1 Å². The van der Waals surface area contributed by atoms with E-state index in [4.69, 9.17) is 9.47 Å². The number of hydrogen-bond donors (Lipinski definition) is 1. The van der Waals surface area contributed by atoms with Crippen molar-refractivity contribution in [3.63, 3.8) is 0 Å². The smallest absolute Gasteiger partial charge is 0.328 e. The van der Waals surface area contributed by atoms with Crippen molar-refractivity contribution in [2.24, 2.45) is 5.41 Å². The van der Waals surface area contributed by atoms with Crippen LogP contribution in [0.25, 0.3) is 11.1 Å². The van der Waals surface area contributed by atoms with Crippen LogP contribution in [0, 0.1) is 5.41 Å². The minimum Gasteiger partial charge on any atom is -0.467 e. The number of aryl methyl sites for hydroxylation is 1. The Morgan fingerprint density at radius 1 is 1.00 bits per heavy atom. The summed E-state index contributed by atoms with van der Waals surface area (Å²) in [6, 6.07) is 16.2. The zero-order valence-electron chi connectivity index (χ0n) is 22.8. The van der Waals surface area contributed by atoms with E-state index in [1.807, 2.05) is 0 Å². The fourth-order valence-electron chi connectivity index (χ4n) is 5.47. The molecule has 200 valence electrons. The predicted octanol–water partition coefficient (Wildman–Crippen LogP) is 5.13. The first-order chi connectivity index (χ1) is 17.8. The van der Waals surface area contributed by atoms with Gasteiger partial charge in [0.15, 0.2) is 0 Å². The maximum atomic E-state index is 13.8. The van der Waals surface area contributed by atoms with Crippen molar-refractivity contribution < 1.29 is 19.1 Å². The van der Waals surface area contributed by atoms with Crippen molar-refractivity contribution in [1.82, 2.24) is 10.2 Å². The molecule has 37 heavy (non-hydrogen) atoms. The molecular weight excluding hydrogens is 464 g/mol. The Hall–Kier alpha value is -2.70. The molecule has 4 rings (SSSR count). The molecule has 2 aromatic carbocycles. The predicted molar refractivity (Wildman–Crippen MR) is 146 cm³/mol. The largest absolute Gasteiger partial charge is 0.467 e. The Labute approximate surface area is 221 Å². The fourth-order valence-corrected chi connectivity index (χ4v) is 5.47. The molecular formula is C31H42N2O4. The highest BCUT2D eigenvalue weighted by atomic mass is 16.5. The van der Waals surface area contributed by atoms with Crippen LogP contribution in [0.5, 0.6) is 0 Å². The second kappa shape index (κ2) is 12.2. The molecule has 0 spiro atoms. The van der Waals surface area contributed by atoms with Crippen molar-refractivity contribution in [3.8, 4) is 11.1 Å². The summed E-state index contributed by atoms with van der Waals surface area (Å²) in [5, 5.41) is 3.52. The molecule has 2 aromatic rings. The zero-order valence-corrected chi connectivity index (χ0v) is 22.8. The van der Waals surface area contributed by atoms with Gasteiger partial charge in [-0.1, -0.05) is 76.1 Å². The summed E-state index contributed by atoms with van der Waals surface area (Å²) in [6.45, 7) is 7.79. The van der Waals surface area contributed by atoms with Crippen LogP contribution in [0.15, 0.2) is 48.5 Å². The van der Waals surface area contributed by atoms with Gasteiger partial charge in [0.05, 0.1) is 25.9 Å². The van der Waals surface area contributed by atoms with Gasteiger partial charge in [0, 0.05) is 13.0 Å². The molecule has 3 atom stereocenters. The van der Waals surface area contributed by atoms with Gasteiger partial charge < -0.3 is 19.7 Å². The molecule has 6 bridgehead atoms. The van der Waals surface area contributed by atoms with E-state index < -0.39 is 6.04 Å². The number of benzene rings is 2. The number of nitrogens with zero attached hydrogens (tertiary/aromatic N) is 1. The molecule has 6 heteroatoms. The quantitative estimate of drug-likeness (QED) is 0.543. The van der Waals surface area contributed by atoms with E-state index in [1.165, 1.54) is 23.8 Å². The lowest BCUT2D eigenvalue weighted by Crippen LogP contribution is -2.55. The Kier molecular flexibility index (Phi) is 9.04. The summed E-state index contributed by atoms with van der Waals surface area (Å²) >= 11 is 0. The first-order valence-corrected chi connectivity index (χ1v) is 13.7. The Morgan fingerprint density at radius 2 is 1.68 bits per heavy atom. The molecule has 0 unspecified atom stereocenters. The number of esters is 1. The standard InChI is InChI=1S/C31H42N2O4/c1-31(2,3)28-29(34)33-20-26(19-27(33)30(35)36-4)37-21-23-13-10-15-25(18-23)24-14-9-12-22(17-24)11-7-5-6-8-16-32-28/h9-10,12-15,17-18,26-28,32H,5-8,11,16,19-21H2,1-4H3/t26-,27+,28-/m1/s1. The average Bonchev–Trinajstić information content (AvgIpc) is 3.32. The third-order valence-electron chi connectivity index (χ3n) is 7.55. The summed E-state index contributed by atoms with van der Waals surface area (Å²) in [4.78, 5) is 28.1. The Bertz CT molecular complexity index is 1080. The molecule has 1 amide bonds. The summed E-state index contributed by atoms with van der Waals surface area (Å²) in [5.74, 6) is -0.434. The number of carbonyl (C=O) groups is 2.